The van der Waals surface area contributed by atoms with Crippen molar-refractivity contribution in [1.82, 2.24) is 74.9 Å². The van der Waals surface area contributed by atoms with E-state index in [0.717, 1.165) is 136 Å². The van der Waals surface area contributed by atoms with Crippen LogP contribution >= 0.6 is 0 Å². The molecule has 3 fully saturated rings. The number of nitrogens with zero attached hydrogens (tertiary/aromatic N) is 14. The molecule has 7 N–H and O–H groups in total. The minimum atomic E-state index is -0.426. The van der Waals surface area contributed by atoms with Crippen LogP contribution in [-0.4, -0.2) is 162 Å². The van der Waals surface area contributed by atoms with Gasteiger partial charge in [0.05, 0.1) is 52.3 Å². The first-order chi connectivity index (χ1) is 48.1. The topological polar surface area (TPSA) is 255 Å². The van der Waals surface area contributed by atoms with Crippen LogP contribution in [-0.2, 0) is 0 Å². The Morgan fingerprint density at radius 3 is 1.06 bits per heavy atom. The van der Waals surface area contributed by atoms with Crippen molar-refractivity contribution in [3.05, 3.63) is 180 Å². The normalized spacial score (nSPS) is 14.4. The molecule has 0 unspecified atom stereocenters. The van der Waals surface area contributed by atoms with E-state index < -0.39 is 17.5 Å². The fourth-order valence-electron chi connectivity index (χ4n) is 12.0. The van der Waals surface area contributed by atoms with E-state index in [4.69, 9.17) is 14.2 Å². The number of aryl methyl sites for hydroxylation is 3. The predicted molar refractivity (Wildman–Crippen MR) is 381 cm³/mol. The van der Waals surface area contributed by atoms with Gasteiger partial charge in [0.1, 0.15) is 53.9 Å². The van der Waals surface area contributed by atoms with E-state index in [9.17, 15) is 13.2 Å². The van der Waals surface area contributed by atoms with Crippen molar-refractivity contribution in [1.29, 1.82) is 0 Å². The molecule has 0 radical (unpaired) electrons. The maximum absolute atomic E-state index is 15.0. The number of rotatable bonds is 16. The number of piperazine rings is 3. The number of H-pyrrole nitrogens is 3. The van der Waals surface area contributed by atoms with E-state index in [1.54, 1.807) is 54.6 Å². The number of hydrogen-bond acceptors (Lipinski definition) is 21. The molecule has 9 aromatic heterocycles. The predicted octanol–water partition coefficient (Wildman–Crippen LogP) is 13.2. The molecule has 510 valence electrons. The zero-order chi connectivity index (χ0) is 68.7. The second-order valence-electron chi connectivity index (χ2n) is 24.7. The van der Waals surface area contributed by atoms with Crippen molar-refractivity contribution in [2.24, 2.45) is 0 Å². The largest absolute Gasteiger partial charge is 0.435 e. The second-order valence-corrected chi connectivity index (χ2v) is 24.7. The molecular weight excluding hydrogens is 1260 g/mol. The molecule has 99 heavy (non-hydrogen) atoms. The Morgan fingerprint density at radius 2 is 0.737 bits per heavy atom. The van der Waals surface area contributed by atoms with Gasteiger partial charge in [0.15, 0.2) is 34.7 Å². The molecule has 12 heterocycles. The lowest BCUT2D eigenvalue weighted by Gasteiger charge is -2.35. The van der Waals surface area contributed by atoms with Crippen LogP contribution < -0.4 is 50.2 Å². The van der Waals surface area contributed by atoms with Crippen molar-refractivity contribution >= 4 is 84.7 Å². The molecule has 0 bridgehead atoms. The Labute approximate surface area is 570 Å². The summed E-state index contributed by atoms with van der Waals surface area (Å²) in [4.78, 5) is 60.3. The lowest BCUT2D eigenvalue weighted by Crippen LogP contribution is -2.46. The molecular formula is C72H78F3N21O3. The highest BCUT2D eigenvalue weighted by Gasteiger charge is 2.22. The van der Waals surface area contributed by atoms with Gasteiger partial charge in [-0.2, -0.15) is 0 Å². The number of benzene rings is 3. The summed E-state index contributed by atoms with van der Waals surface area (Å²) in [5.41, 5.74) is 10.1. The molecule has 0 atom stereocenters. The molecule has 0 saturated carbocycles. The zero-order valence-corrected chi connectivity index (χ0v) is 56.4. The highest BCUT2D eigenvalue weighted by molar-refractivity contribution is 5.85. The first kappa shape index (κ1) is 66.5. The maximum Gasteiger partial charge on any atom is 0.227 e. The van der Waals surface area contributed by atoms with Crippen molar-refractivity contribution in [3.63, 3.8) is 0 Å². The average molecular weight is 1340 g/mol. The summed E-state index contributed by atoms with van der Waals surface area (Å²) in [7, 11) is 2.14. The first-order valence-electron chi connectivity index (χ1n) is 33.0. The van der Waals surface area contributed by atoms with Gasteiger partial charge in [-0.1, -0.05) is 6.92 Å². The van der Waals surface area contributed by atoms with Gasteiger partial charge in [0.2, 0.25) is 17.6 Å². The van der Waals surface area contributed by atoms with Gasteiger partial charge in [-0.05, 0) is 146 Å². The Balaban J connectivity index is 0.000000133. The van der Waals surface area contributed by atoms with Gasteiger partial charge in [0, 0.05) is 128 Å². The van der Waals surface area contributed by atoms with E-state index in [1.807, 2.05) is 84.4 Å². The number of aromatic nitrogens is 12. The molecule has 12 aromatic rings. The molecule has 15 rings (SSSR count). The number of aromatic amines is 3. The summed E-state index contributed by atoms with van der Waals surface area (Å²) >= 11 is 0. The monoisotopic (exact) mass is 1340 g/mol. The molecule has 3 aliphatic rings. The molecule has 0 amide bonds. The van der Waals surface area contributed by atoms with Gasteiger partial charge in [-0.15, -0.1) is 0 Å². The molecule has 24 nitrogen and oxygen atoms in total. The SMILES string of the molecule is CCN1CCN(c2ccc(Nc3ncnc(Oc4ccc5[nH]c(C)cc5c4F)c3C)nc2)CC1.Cc1cc2c(F)c(Oc3ncnc(Nc4ccc(N5CCN(C)CC5)cn4)c3C)ccc2[nH]1.Cc1cc2c(F)c(Oc3ncnc(Nc4ccc(N5CCNCC5)cn4)c3C)ccc2[nH]1. The number of pyridine rings is 3. The van der Waals surface area contributed by atoms with Crippen LogP contribution in [0.25, 0.3) is 32.7 Å². The Bertz CT molecular complexity index is 4780. The van der Waals surface area contributed by atoms with Crippen LogP contribution in [0.4, 0.5) is 65.1 Å². The van der Waals surface area contributed by atoms with E-state index in [0.29, 0.717) is 67.8 Å². The third kappa shape index (κ3) is 15.3. The molecule has 0 spiro atoms. The van der Waals surface area contributed by atoms with E-state index in [2.05, 4.69) is 132 Å². The highest BCUT2D eigenvalue weighted by atomic mass is 19.1. The number of fused-ring (bicyclic) bond motifs is 3. The van der Waals surface area contributed by atoms with E-state index in [1.165, 1.54) is 19.0 Å². The molecule has 0 aliphatic carbocycles. The van der Waals surface area contributed by atoms with Crippen molar-refractivity contribution in [2.45, 2.75) is 48.5 Å². The van der Waals surface area contributed by atoms with Crippen LogP contribution in [0.3, 0.4) is 0 Å². The maximum atomic E-state index is 15.0. The average Bonchev–Trinajstić information content (AvgIpc) is 1.80. The van der Waals surface area contributed by atoms with E-state index >= 15 is 0 Å². The lowest BCUT2D eigenvalue weighted by molar-refractivity contribution is 0.271. The number of ether oxygens (including phenoxy) is 3. The molecule has 3 aliphatic heterocycles. The third-order valence-corrected chi connectivity index (χ3v) is 17.8. The zero-order valence-electron chi connectivity index (χ0n) is 56.4. The smallest absolute Gasteiger partial charge is 0.227 e. The van der Waals surface area contributed by atoms with Crippen molar-refractivity contribution in [2.75, 3.05) is 123 Å². The fourth-order valence-corrected chi connectivity index (χ4v) is 12.0. The van der Waals surface area contributed by atoms with Crippen LogP contribution in [0, 0.1) is 59.0 Å². The van der Waals surface area contributed by atoms with Gasteiger partial charge >= 0.3 is 0 Å². The number of anilines is 9. The minimum absolute atomic E-state index is 0.114. The highest BCUT2D eigenvalue weighted by Crippen LogP contribution is 2.37. The van der Waals surface area contributed by atoms with Crippen LogP contribution in [0.2, 0.25) is 0 Å². The first-order valence-corrected chi connectivity index (χ1v) is 33.0. The summed E-state index contributed by atoms with van der Waals surface area (Å²) in [6, 6.07) is 27.4. The van der Waals surface area contributed by atoms with Crippen molar-refractivity contribution < 1.29 is 27.4 Å². The summed E-state index contributed by atoms with van der Waals surface area (Å²) in [6.45, 7) is 26.5. The number of nitrogens with one attached hydrogen (secondary N) is 7. The van der Waals surface area contributed by atoms with E-state index in [-0.39, 0.29) is 34.9 Å². The summed E-state index contributed by atoms with van der Waals surface area (Å²) < 4.78 is 62.3. The van der Waals surface area contributed by atoms with Crippen LogP contribution in [0.5, 0.6) is 34.9 Å². The van der Waals surface area contributed by atoms with Crippen LogP contribution in [0.15, 0.2) is 129 Å². The van der Waals surface area contributed by atoms with Crippen molar-refractivity contribution in [3.8, 4) is 34.9 Å². The molecule has 3 aromatic carbocycles. The Morgan fingerprint density at radius 1 is 0.404 bits per heavy atom. The van der Waals surface area contributed by atoms with Gasteiger partial charge in [-0.3, -0.25) is 0 Å². The summed E-state index contributed by atoms with van der Waals surface area (Å²) in [6.07, 6.45) is 9.76. The number of likely N-dealkylation sites (N-methyl/N-ethyl adjacent to an activating group) is 2. The summed E-state index contributed by atoms with van der Waals surface area (Å²) in [5, 5.41) is 14.4. The Hall–Kier alpha value is -11.2. The third-order valence-electron chi connectivity index (χ3n) is 17.8. The number of hydrogen-bond donors (Lipinski definition) is 7. The standard InChI is InChI=1S/C25H28FN7O.C24H26FN7O.C23H24FN7O/c1-4-32-9-11-33(12-10-32)18-5-8-22(27-14-18)31-24-17(3)25(29-15-28-24)34-21-7-6-20-19(23(21)26)13-16(2)30-20;1-15-12-18-19(29-15)5-6-20(22(18)25)33-24-16(2)23(27-14-28-24)30-21-7-4-17(13-26-21)32-10-8-31(3)9-11-32;1-14-11-17-18(29-14)4-5-19(21(17)24)32-23-15(2)22(27-13-28-23)30-20-6-3-16(12-26-20)31-9-7-25-8-10-31/h5-8,13-15,30H,4,9-12H2,1-3H3,(H,27,28,29,31);4-7,12-14,29H,8-11H2,1-3H3,(H,26,27,28,30);3-6,11-13,25,29H,7-10H2,1-2H3,(H,26,27,28,30). The molecule has 27 heteroatoms. The van der Waals surface area contributed by atoms with Crippen LogP contribution in [0.1, 0.15) is 40.7 Å². The quantitative estimate of drug-likeness (QED) is 0.0474. The number of halogens is 3. The lowest BCUT2D eigenvalue weighted by atomic mass is 10.2. The molecule has 3 saturated heterocycles. The Kier molecular flexibility index (Phi) is 19.9. The minimum Gasteiger partial charge on any atom is -0.435 e. The summed E-state index contributed by atoms with van der Waals surface area (Å²) in [5.74, 6) is 3.57. The fraction of sp³-hybridized carbons (Fsp3) is 0.292. The van der Waals surface area contributed by atoms with Gasteiger partial charge < -0.3 is 74.9 Å². The van der Waals surface area contributed by atoms with Gasteiger partial charge in [-0.25, -0.2) is 58.0 Å². The second kappa shape index (κ2) is 29.7. The van der Waals surface area contributed by atoms with Gasteiger partial charge in [0.25, 0.3) is 0 Å².